The largest absolute Gasteiger partial charge is 0.389 e. The Balaban J connectivity index is 2.01. The fourth-order valence-electron chi connectivity index (χ4n) is 2.45. The molecule has 3 rings (SSSR count). The Morgan fingerprint density at radius 2 is 2.04 bits per heavy atom. The molecule has 2 aromatic heterocycles. The summed E-state index contributed by atoms with van der Waals surface area (Å²) in [6.45, 7) is 1.74. The van der Waals surface area contributed by atoms with Crippen molar-refractivity contribution in [3.63, 3.8) is 0 Å². The van der Waals surface area contributed by atoms with Gasteiger partial charge in [-0.05, 0) is 30.2 Å². The molecule has 0 bridgehead atoms. The van der Waals surface area contributed by atoms with Gasteiger partial charge in [0.15, 0.2) is 0 Å². The number of pyridine rings is 1. The number of aromatic nitrogens is 2. The van der Waals surface area contributed by atoms with Crippen LogP contribution in [0.1, 0.15) is 24.2 Å². The smallest absolute Gasteiger partial charge is 0.241 e. The first-order valence-corrected chi connectivity index (χ1v) is 7.27. The van der Waals surface area contributed by atoms with Gasteiger partial charge in [-0.25, -0.2) is 4.98 Å². The van der Waals surface area contributed by atoms with Crippen LogP contribution < -0.4 is 5.73 Å². The number of primary amides is 1. The van der Waals surface area contributed by atoms with Crippen molar-refractivity contribution in [1.29, 1.82) is 0 Å². The van der Waals surface area contributed by atoms with Crippen molar-refractivity contribution < 1.29 is 9.90 Å². The lowest BCUT2D eigenvalue weighted by atomic mass is 10.0. The van der Waals surface area contributed by atoms with Gasteiger partial charge in [0.05, 0.1) is 6.10 Å². The molecule has 5 heteroatoms. The number of fused-ring (bicyclic) bond motifs is 1. The number of benzene rings is 1. The second-order valence-corrected chi connectivity index (χ2v) is 5.40. The molecule has 0 aliphatic rings. The number of aliphatic hydroxyl groups excluding tert-OH is 1. The Kier molecular flexibility index (Phi) is 3.95. The van der Waals surface area contributed by atoms with Gasteiger partial charge in [0, 0.05) is 35.0 Å². The quantitative estimate of drug-likeness (QED) is 0.647. The van der Waals surface area contributed by atoms with Gasteiger partial charge in [0.1, 0.15) is 5.65 Å². The van der Waals surface area contributed by atoms with Crippen LogP contribution >= 0.6 is 0 Å². The molecule has 0 spiro atoms. The maximum atomic E-state index is 10.9. The van der Waals surface area contributed by atoms with E-state index in [0.29, 0.717) is 0 Å². The Bertz CT molecular complexity index is 877. The molecule has 0 fully saturated rings. The van der Waals surface area contributed by atoms with Crippen molar-refractivity contribution in [1.82, 2.24) is 9.97 Å². The molecule has 0 aliphatic carbocycles. The standard InChI is InChI=1S/C18H17N3O2/c1-11(22)12-2-4-13(5-3-12)15-8-16-14(6-7-17(19)23)9-20-18(16)21-10-15/h2-11,22H,1H3,(H2,19,23)(H,20,21)/t11-/m0/s1. The summed E-state index contributed by atoms with van der Waals surface area (Å²) in [6.07, 6.45) is 6.09. The van der Waals surface area contributed by atoms with E-state index in [-0.39, 0.29) is 0 Å². The predicted molar refractivity (Wildman–Crippen MR) is 90.4 cm³/mol. The number of nitrogens with zero attached hydrogens (tertiary/aromatic N) is 1. The number of carbonyl (C=O) groups excluding carboxylic acids is 1. The van der Waals surface area contributed by atoms with Crippen LogP contribution in [0.25, 0.3) is 28.2 Å². The summed E-state index contributed by atoms with van der Waals surface area (Å²) in [6, 6.07) is 9.72. The lowest BCUT2D eigenvalue weighted by Crippen LogP contribution is -2.04. The normalized spacial score (nSPS) is 12.8. The van der Waals surface area contributed by atoms with Crippen LogP contribution in [0.5, 0.6) is 0 Å². The van der Waals surface area contributed by atoms with Crippen molar-refractivity contribution in [3.05, 3.63) is 59.9 Å². The van der Waals surface area contributed by atoms with Crippen molar-refractivity contribution in [3.8, 4) is 11.1 Å². The second-order valence-electron chi connectivity index (χ2n) is 5.40. The van der Waals surface area contributed by atoms with Crippen LogP contribution in [0.4, 0.5) is 0 Å². The number of aromatic amines is 1. The van der Waals surface area contributed by atoms with Gasteiger partial charge in [-0.1, -0.05) is 24.3 Å². The molecule has 0 aliphatic heterocycles. The van der Waals surface area contributed by atoms with E-state index >= 15 is 0 Å². The molecule has 5 nitrogen and oxygen atoms in total. The highest BCUT2D eigenvalue weighted by Crippen LogP contribution is 2.26. The highest BCUT2D eigenvalue weighted by Gasteiger charge is 2.07. The number of rotatable bonds is 4. The number of H-pyrrole nitrogens is 1. The van der Waals surface area contributed by atoms with E-state index in [1.807, 2.05) is 30.3 Å². The molecular formula is C18H17N3O2. The van der Waals surface area contributed by atoms with E-state index in [1.54, 1.807) is 25.4 Å². The lowest BCUT2D eigenvalue weighted by molar-refractivity contribution is -0.113. The number of amides is 1. The van der Waals surface area contributed by atoms with Crippen molar-refractivity contribution in [2.24, 2.45) is 5.73 Å². The molecule has 1 amide bonds. The number of aliphatic hydroxyl groups is 1. The highest BCUT2D eigenvalue weighted by molar-refractivity contribution is 5.95. The molecule has 3 aromatic rings. The fourth-order valence-corrected chi connectivity index (χ4v) is 2.45. The van der Waals surface area contributed by atoms with E-state index in [0.717, 1.165) is 33.3 Å². The molecule has 2 heterocycles. The van der Waals surface area contributed by atoms with Crippen LogP contribution in [0.2, 0.25) is 0 Å². The third kappa shape index (κ3) is 3.14. The van der Waals surface area contributed by atoms with Gasteiger partial charge in [-0.3, -0.25) is 4.79 Å². The Labute approximate surface area is 133 Å². The predicted octanol–water partition coefficient (Wildman–Crippen LogP) is 2.78. The minimum atomic E-state index is -0.489. The van der Waals surface area contributed by atoms with Crippen molar-refractivity contribution in [2.75, 3.05) is 0 Å². The fraction of sp³-hybridized carbons (Fsp3) is 0.111. The van der Waals surface area contributed by atoms with E-state index in [4.69, 9.17) is 5.73 Å². The topological polar surface area (TPSA) is 92.0 Å². The highest BCUT2D eigenvalue weighted by atomic mass is 16.3. The van der Waals surface area contributed by atoms with Crippen molar-refractivity contribution >= 4 is 23.0 Å². The van der Waals surface area contributed by atoms with Crippen LogP contribution in [0, 0.1) is 0 Å². The summed E-state index contributed by atoms with van der Waals surface area (Å²) in [5.74, 6) is -0.489. The maximum Gasteiger partial charge on any atom is 0.241 e. The van der Waals surface area contributed by atoms with E-state index in [9.17, 15) is 9.90 Å². The molecule has 0 radical (unpaired) electrons. The Morgan fingerprint density at radius 1 is 1.30 bits per heavy atom. The molecule has 1 atom stereocenters. The minimum absolute atomic E-state index is 0.486. The van der Waals surface area contributed by atoms with Gasteiger partial charge in [-0.2, -0.15) is 0 Å². The van der Waals surface area contributed by atoms with Crippen LogP contribution in [0.15, 0.2) is 48.8 Å². The zero-order valence-corrected chi connectivity index (χ0v) is 12.7. The molecule has 1 aromatic carbocycles. The summed E-state index contributed by atoms with van der Waals surface area (Å²) in [5.41, 5.74) is 9.58. The van der Waals surface area contributed by atoms with Gasteiger partial charge in [-0.15, -0.1) is 0 Å². The van der Waals surface area contributed by atoms with Crippen LogP contribution in [-0.2, 0) is 4.79 Å². The molecule has 0 saturated heterocycles. The van der Waals surface area contributed by atoms with Gasteiger partial charge >= 0.3 is 0 Å². The monoisotopic (exact) mass is 307 g/mol. The first-order valence-electron chi connectivity index (χ1n) is 7.27. The SMILES string of the molecule is C[C@H](O)c1ccc(-c2cnc3[nH]cc(C=CC(N)=O)c3c2)cc1. The molecular weight excluding hydrogens is 290 g/mol. The Hall–Kier alpha value is -2.92. The van der Waals surface area contributed by atoms with Crippen LogP contribution in [0.3, 0.4) is 0 Å². The molecule has 0 saturated carbocycles. The number of carbonyl (C=O) groups is 1. The maximum absolute atomic E-state index is 10.9. The summed E-state index contributed by atoms with van der Waals surface area (Å²) in [7, 11) is 0. The molecule has 116 valence electrons. The number of hydrogen-bond acceptors (Lipinski definition) is 3. The third-order valence-electron chi connectivity index (χ3n) is 3.72. The zero-order valence-electron chi connectivity index (χ0n) is 12.7. The van der Waals surface area contributed by atoms with E-state index < -0.39 is 12.0 Å². The third-order valence-corrected chi connectivity index (χ3v) is 3.72. The van der Waals surface area contributed by atoms with E-state index in [2.05, 4.69) is 9.97 Å². The van der Waals surface area contributed by atoms with Crippen LogP contribution in [-0.4, -0.2) is 21.0 Å². The Morgan fingerprint density at radius 3 is 2.70 bits per heavy atom. The first-order chi connectivity index (χ1) is 11.0. The number of nitrogens with one attached hydrogen (secondary N) is 1. The van der Waals surface area contributed by atoms with Gasteiger partial charge < -0.3 is 15.8 Å². The number of hydrogen-bond donors (Lipinski definition) is 3. The first kappa shape index (κ1) is 15.0. The summed E-state index contributed by atoms with van der Waals surface area (Å²) >= 11 is 0. The second kappa shape index (κ2) is 6.06. The summed E-state index contributed by atoms with van der Waals surface area (Å²) in [4.78, 5) is 18.4. The molecule has 0 unspecified atom stereocenters. The lowest BCUT2D eigenvalue weighted by Gasteiger charge is -2.06. The summed E-state index contributed by atoms with van der Waals surface area (Å²) in [5, 5.41) is 10.5. The minimum Gasteiger partial charge on any atom is -0.389 e. The van der Waals surface area contributed by atoms with Crippen molar-refractivity contribution in [2.45, 2.75) is 13.0 Å². The zero-order chi connectivity index (χ0) is 16.4. The number of nitrogens with two attached hydrogens (primary N) is 1. The van der Waals surface area contributed by atoms with Gasteiger partial charge in [0.2, 0.25) is 5.91 Å². The average Bonchev–Trinajstić information content (AvgIpc) is 2.95. The van der Waals surface area contributed by atoms with Gasteiger partial charge in [0.25, 0.3) is 0 Å². The average molecular weight is 307 g/mol. The molecule has 23 heavy (non-hydrogen) atoms. The van der Waals surface area contributed by atoms with E-state index in [1.165, 1.54) is 6.08 Å². The molecule has 4 N–H and O–H groups in total. The summed E-state index contributed by atoms with van der Waals surface area (Å²) < 4.78 is 0.